The molecular weight excluding hydrogens is 434 g/mol. The lowest BCUT2D eigenvalue weighted by atomic mass is 10.3. The normalized spacial score (nSPS) is 11.7. The number of amides is 1. The van der Waals surface area contributed by atoms with Gasteiger partial charge < -0.3 is 14.8 Å². The van der Waals surface area contributed by atoms with Crippen molar-refractivity contribution in [3.63, 3.8) is 0 Å². The summed E-state index contributed by atoms with van der Waals surface area (Å²) in [6, 6.07) is 7.43. The Bertz CT molecular complexity index is 1040. The van der Waals surface area contributed by atoms with Crippen molar-refractivity contribution in [1.82, 2.24) is 19.7 Å². The number of ether oxygens (including phenoxy) is 2. The summed E-state index contributed by atoms with van der Waals surface area (Å²) in [4.78, 5) is 17.8. The number of carbonyl (C=O) groups excluding carboxylic acids is 1. The van der Waals surface area contributed by atoms with Crippen LogP contribution < -0.4 is 14.8 Å². The van der Waals surface area contributed by atoms with E-state index in [2.05, 4.69) is 27.1 Å². The SMILES string of the molecule is C=CCn1c(SCC(=O)Nc2nc(C)c(C)s2)nnc1C(C)Oc1ccccc1OC. The van der Waals surface area contributed by atoms with Crippen LogP contribution in [0.2, 0.25) is 0 Å². The monoisotopic (exact) mass is 459 g/mol. The van der Waals surface area contributed by atoms with Gasteiger partial charge in [0, 0.05) is 11.4 Å². The molecule has 3 rings (SSSR count). The van der Waals surface area contributed by atoms with E-state index in [1.807, 2.05) is 49.6 Å². The van der Waals surface area contributed by atoms with E-state index in [0.29, 0.717) is 34.2 Å². The van der Waals surface area contributed by atoms with Crippen LogP contribution in [-0.4, -0.2) is 38.5 Å². The van der Waals surface area contributed by atoms with Crippen LogP contribution >= 0.6 is 23.1 Å². The minimum Gasteiger partial charge on any atom is -0.493 e. The van der Waals surface area contributed by atoms with E-state index in [-0.39, 0.29) is 17.8 Å². The molecule has 1 amide bonds. The minimum absolute atomic E-state index is 0.147. The van der Waals surface area contributed by atoms with Gasteiger partial charge in [-0.05, 0) is 32.9 Å². The van der Waals surface area contributed by atoms with E-state index in [9.17, 15) is 4.79 Å². The lowest BCUT2D eigenvalue weighted by Crippen LogP contribution is -2.15. The highest BCUT2D eigenvalue weighted by Gasteiger charge is 2.21. The van der Waals surface area contributed by atoms with Crippen molar-refractivity contribution in [1.29, 1.82) is 0 Å². The number of thioether (sulfide) groups is 1. The van der Waals surface area contributed by atoms with Crippen LogP contribution in [0.25, 0.3) is 0 Å². The molecule has 8 nitrogen and oxygen atoms in total. The van der Waals surface area contributed by atoms with Crippen LogP contribution in [0, 0.1) is 13.8 Å². The van der Waals surface area contributed by atoms with Crippen molar-refractivity contribution in [2.75, 3.05) is 18.2 Å². The van der Waals surface area contributed by atoms with Crippen LogP contribution in [0.3, 0.4) is 0 Å². The minimum atomic E-state index is -0.381. The molecule has 0 spiro atoms. The van der Waals surface area contributed by atoms with Gasteiger partial charge in [-0.25, -0.2) is 4.98 Å². The van der Waals surface area contributed by atoms with Gasteiger partial charge in [0.25, 0.3) is 0 Å². The summed E-state index contributed by atoms with van der Waals surface area (Å²) in [6.45, 7) is 10.1. The molecule has 0 fully saturated rings. The third-order valence-corrected chi connectivity index (χ3v) is 6.36. The summed E-state index contributed by atoms with van der Waals surface area (Å²) in [5.74, 6) is 1.94. The van der Waals surface area contributed by atoms with E-state index >= 15 is 0 Å². The molecule has 1 N–H and O–H groups in total. The maximum Gasteiger partial charge on any atom is 0.236 e. The highest BCUT2D eigenvalue weighted by Crippen LogP contribution is 2.31. The molecule has 1 atom stereocenters. The number of hydrogen-bond donors (Lipinski definition) is 1. The zero-order chi connectivity index (χ0) is 22.4. The first-order valence-corrected chi connectivity index (χ1v) is 11.4. The first-order valence-electron chi connectivity index (χ1n) is 9.63. The summed E-state index contributed by atoms with van der Waals surface area (Å²) in [7, 11) is 1.60. The molecule has 10 heteroatoms. The number of benzene rings is 1. The molecule has 0 aliphatic heterocycles. The maximum atomic E-state index is 12.3. The van der Waals surface area contributed by atoms with Crippen molar-refractivity contribution < 1.29 is 14.3 Å². The summed E-state index contributed by atoms with van der Waals surface area (Å²) in [6.07, 6.45) is 1.38. The first-order chi connectivity index (χ1) is 14.9. The predicted octanol–water partition coefficient (Wildman–Crippen LogP) is 4.42. The zero-order valence-electron chi connectivity index (χ0n) is 17.9. The number of allylic oxidation sites excluding steroid dienone is 1. The third kappa shape index (κ3) is 5.65. The third-order valence-electron chi connectivity index (χ3n) is 4.40. The standard InChI is InChI=1S/C21H25N5O3S2/c1-6-11-26-19(14(3)29-17-10-8-7-9-16(17)28-5)24-25-21(26)30-12-18(27)23-20-22-13(2)15(4)31-20/h6-10,14H,1,11-12H2,2-5H3,(H,22,23,27). The van der Waals surface area contributed by atoms with Crippen molar-refractivity contribution in [3.8, 4) is 11.5 Å². The average molecular weight is 460 g/mol. The molecule has 1 unspecified atom stereocenters. The molecule has 164 valence electrons. The smallest absolute Gasteiger partial charge is 0.236 e. The van der Waals surface area contributed by atoms with E-state index in [0.717, 1.165) is 10.6 Å². The van der Waals surface area contributed by atoms with Crippen LogP contribution in [0.1, 0.15) is 29.4 Å². The number of aromatic nitrogens is 4. The number of nitrogens with one attached hydrogen (secondary N) is 1. The molecular formula is C21H25N5O3S2. The van der Waals surface area contributed by atoms with E-state index in [4.69, 9.17) is 9.47 Å². The molecule has 0 aliphatic rings. The largest absolute Gasteiger partial charge is 0.493 e. The predicted molar refractivity (Wildman–Crippen MR) is 123 cm³/mol. The fourth-order valence-electron chi connectivity index (χ4n) is 2.78. The molecule has 31 heavy (non-hydrogen) atoms. The summed E-state index contributed by atoms with van der Waals surface area (Å²) in [5, 5.41) is 12.6. The first kappa shape index (κ1) is 22.8. The molecule has 0 saturated heterocycles. The Kier molecular flexibility index (Phi) is 7.69. The Morgan fingerprint density at radius 2 is 2.06 bits per heavy atom. The fraction of sp³-hybridized carbons (Fsp3) is 0.333. The lowest BCUT2D eigenvalue weighted by molar-refractivity contribution is -0.113. The van der Waals surface area contributed by atoms with Gasteiger partial charge in [-0.3, -0.25) is 9.36 Å². The fourth-order valence-corrected chi connectivity index (χ4v) is 4.36. The Balaban J connectivity index is 1.69. The molecule has 3 aromatic rings. The molecule has 0 aliphatic carbocycles. The quantitative estimate of drug-likeness (QED) is 0.354. The van der Waals surface area contributed by atoms with Gasteiger partial charge in [-0.2, -0.15) is 0 Å². The molecule has 2 aromatic heterocycles. The van der Waals surface area contributed by atoms with E-state index in [1.165, 1.54) is 23.1 Å². The van der Waals surface area contributed by atoms with Crippen molar-refractivity contribution in [3.05, 3.63) is 53.3 Å². The number of hydrogen-bond acceptors (Lipinski definition) is 8. The average Bonchev–Trinajstić information content (AvgIpc) is 3.29. The van der Waals surface area contributed by atoms with Gasteiger partial charge in [-0.15, -0.1) is 28.1 Å². The number of carbonyl (C=O) groups is 1. The number of nitrogens with zero attached hydrogens (tertiary/aromatic N) is 4. The van der Waals surface area contributed by atoms with Crippen molar-refractivity contribution in [2.45, 2.75) is 38.6 Å². The Morgan fingerprint density at radius 3 is 2.71 bits per heavy atom. The van der Waals surface area contributed by atoms with Crippen LogP contribution in [0.4, 0.5) is 5.13 Å². The van der Waals surface area contributed by atoms with Crippen LogP contribution in [0.15, 0.2) is 42.1 Å². The van der Waals surface area contributed by atoms with Gasteiger partial charge in [0.05, 0.1) is 18.6 Å². The molecule has 0 radical (unpaired) electrons. The van der Waals surface area contributed by atoms with Gasteiger partial charge in [0.1, 0.15) is 0 Å². The number of aryl methyl sites for hydroxylation is 2. The number of rotatable bonds is 10. The second kappa shape index (κ2) is 10.5. The zero-order valence-corrected chi connectivity index (χ0v) is 19.5. The molecule has 2 heterocycles. The Hall–Kier alpha value is -2.85. The molecule has 0 saturated carbocycles. The second-order valence-corrected chi connectivity index (χ2v) is 8.79. The maximum absolute atomic E-state index is 12.3. The highest BCUT2D eigenvalue weighted by molar-refractivity contribution is 7.99. The molecule has 1 aromatic carbocycles. The highest BCUT2D eigenvalue weighted by atomic mass is 32.2. The van der Waals surface area contributed by atoms with E-state index < -0.39 is 0 Å². The van der Waals surface area contributed by atoms with Crippen LogP contribution in [0.5, 0.6) is 11.5 Å². The number of anilines is 1. The lowest BCUT2D eigenvalue weighted by Gasteiger charge is -2.17. The summed E-state index contributed by atoms with van der Waals surface area (Å²) >= 11 is 2.77. The number of thiazole rings is 1. The summed E-state index contributed by atoms with van der Waals surface area (Å²) < 4.78 is 13.3. The Morgan fingerprint density at radius 1 is 1.32 bits per heavy atom. The van der Waals surface area contributed by atoms with Crippen molar-refractivity contribution >= 4 is 34.1 Å². The van der Waals surface area contributed by atoms with Crippen molar-refractivity contribution in [2.24, 2.45) is 0 Å². The van der Waals surface area contributed by atoms with Crippen LogP contribution in [-0.2, 0) is 11.3 Å². The van der Waals surface area contributed by atoms with Gasteiger partial charge in [0.2, 0.25) is 5.91 Å². The number of para-hydroxylation sites is 2. The summed E-state index contributed by atoms with van der Waals surface area (Å²) in [5.41, 5.74) is 0.923. The number of methoxy groups -OCH3 is 1. The topological polar surface area (TPSA) is 91.2 Å². The van der Waals surface area contributed by atoms with Gasteiger partial charge >= 0.3 is 0 Å². The van der Waals surface area contributed by atoms with E-state index in [1.54, 1.807) is 13.2 Å². The van der Waals surface area contributed by atoms with Gasteiger partial charge in [-0.1, -0.05) is 30.0 Å². The second-order valence-electron chi connectivity index (χ2n) is 6.65. The Labute approximate surface area is 189 Å². The van der Waals surface area contributed by atoms with Gasteiger partial charge in [0.15, 0.2) is 33.7 Å². The molecule has 0 bridgehead atoms.